The summed E-state index contributed by atoms with van der Waals surface area (Å²) in [7, 11) is 1.83. The summed E-state index contributed by atoms with van der Waals surface area (Å²) in [5.41, 5.74) is 1.64. The van der Waals surface area contributed by atoms with Gasteiger partial charge in [0, 0.05) is 18.2 Å². The molecule has 0 aliphatic carbocycles. The van der Waals surface area contributed by atoms with Crippen LogP contribution in [0.25, 0.3) is 0 Å². The third-order valence-electron chi connectivity index (χ3n) is 4.80. The van der Waals surface area contributed by atoms with Gasteiger partial charge in [-0.2, -0.15) is 5.26 Å². The van der Waals surface area contributed by atoms with Crippen molar-refractivity contribution in [2.45, 2.75) is 25.0 Å². The summed E-state index contributed by atoms with van der Waals surface area (Å²) >= 11 is 1.29. The first-order valence-corrected chi connectivity index (χ1v) is 10.8. The first kappa shape index (κ1) is 22.2. The Morgan fingerprint density at radius 1 is 1.06 bits per heavy atom. The molecule has 0 bridgehead atoms. The van der Waals surface area contributed by atoms with Crippen LogP contribution >= 0.6 is 11.8 Å². The minimum atomic E-state index is -0.325. The number of aromatic nitrogens is 3. The number of thioether (sulfide) groups is 1. The summed E-state index contributed by atoms with van der Waals surface area (Å²) in [5, 5.41) is 21.0. The van der Waals surface area contributed by atoms with Crippen molar-refractivity contribution >= 4 is 23.5 Å². The number of hydrogen-bond donors (Lipinski definition) is 1. The molecular weight excluding hydrogens is 410 g/mol. The van der Waals surface area contributed by atoms with Gasteiger partial charge in [-0.3, -0.25) is 9.59 Å². The van der Waals surface area contributed by atoms with Gasteiger partial charge in [0.05, 0.1) is 23.4 Å². The molecule has 1 heterocycles. The van der Waals surface area contributed by atoms with Crippen molar-refractivity contribution in [2.24, 2.45) is 13.0 Å². The number of Topliss-reactive ketones (excluding diaryl/α,β-unsaturated/α-hetero) is 1. The molecule has 0 saturated heterocycles. The number of nitriles is 1. The lowest BCUT2D eigenvalue weighted by Crippen LogP contribution is -2.33. The van der Waals surface area contributed by atoms with Crippen LogP contribution in [0, 0.1) is 17.2 Å². The molecule has 1 amide bonds. The number of amides is 1. The largest absolute Gasteiger partial charge is 0.342 e. The Bertz CT molecular complexity index is 1100. The fourth-order valence-corrected chi connectivity index (χ4v) is 3.82. The Morgan fingerprint density at radius 2 is 1.74 bits per heavy atom. The van der Waals surface area contributed by atoms with E-state index in [1.54, 1.807) is 36.4 Å². The normalized spacial score (nSPS) is 11.7. The van der Waals surface area contributed by atoms with Crippen molar-refractivity contribution in [3.63, 3.8) is 0 Å². The quantitative estimate of drug-likeness (QED) is 0.428. The minimum absolute atomic E-state index is 0.0585. The lowest BCUT2D eigenvalue weighted by molar-refractivity contribution is 0.0921. The SMILES string of the molecule is CC(C)[C@@H](NC(=O)c1ccccc1)c1nnc(SCC(=O)c2ccc(C#N)cc2)n1C. The van der Waals surface area contributed by atoms with Crippen molar-refractivity contribution < 1.29 is 9.59 Å². The minimum Gasteiger partial charge on any atom is -0.342 e. The Balaban J connectivity index is 1.70. The zero-order valence-electron chi connectivity index (χ0n) is 17.6. The number of hydrogen-bond acceptors (Lipinski definition) is 6. The maximum atomic E-state index is 12.6. The lowest BCUT2D eigenvalue weighted by atomic mass is 10.0. The summed E-state index contributed by atoms with van der Waals surface area (Å²) in [5.74, 6) is 0.686. The molecule has 1 aromatic heterocycles. The number of rotatable bonds is 8. The number of nitrogens with zero attached hydrogens (tertiary/aromatic N) is 4. The molecule has 1 N–H and O–H groups in total. The van der Waals surface area contributed by atoms with Crippen LogP contribution in [0.4, 0.5) is 0 Å². The molecule has 0 radical (unpaired) electrons. The third-order valence-corrected chi connectivity index (χ3v) is 5.82. The van der Waals surface area contributed by atoms with E-state index in [1.165, 1.54) is 11.8 Å². The first-order chi connectivity index (χ1) is 14.9. The molecule has 0 aliphatic heterocycles. The summed E-state index contributed by atoms with van der Waals surface area (Å²) < 4.78 is 1.81. The number of carbonyl (C=O) groups is 2. The van der Waals surface area contributed by atoms with E-state index in [9.17, 15) is 9.59 Å². The molecule has 2 aromatic carbocycles. The number of benzene rings is 2. The van der Waals surface area contributed by atoms with E-state index in [4.69, 9.17) is 5.26 Å². The smallest absolute Gasteiger partial charge is 0.251 e. The Morgan fingerprint density at radius 3 is 2.35 bits per heavy atom. The molecular formula is C23H23N5O2S. The summed E-state index contributed by atoms with van der Waals surface area (Å²) in [4.78, 5) is 25.1. The Kier molecular flexibility index (Phi) is 7.21. The van der Waals surface area contributed by atoms with Crippen LogP contribution in [0.15, 0.2) is 59.8 Å². The Labute approximate surface area is 185 Å². The van der Waals surface area contributed by atoms with Crippen LogP contribution in [-0.2, 0) is 7.05 Å². The third kappa shape index (κ3) is 5.38. The monoisotopic (exact) mass is 433 g/mol. The van der Waals surface area contributed by atoms with E-state index in [2.05, 4.69) is 15.5 Å². The second-order valence-electron chi connectivity index (χ2n) is 7.36. The highest BCUT2D eigenvalue weighted by atomic mass is 32.2. The zero-order chi connectivity index (χ0) is 22.4. The van der Waals surface area contributed by atoms with Crippen LogP contribution in [0.3, 0.4) is 0 Å². The number of nitrogens with one attached hydrogen (secondary N) is 1. The summed E-state index contributed by atoms with van der Waals surface area (Å²) in [6.07, 6.45) is 0. The van der Waals surface area contributed by atoms with Gasteiger partial charge >= 0.3 is 0 Å². The highest BCUT2D eigenvalue weighted by Crippen LogP contribution is 2.25. The second kappa shape index (κ2) is 10.0. The van der Waals surface area contributed by atoms with Crippen LogP contribution in [-0.4, -0.2) is 32.2 Å². The van der Waals surface area contributed by atoms with Gasteiger partial charge < -0.3 is 9.88 Å². The van der Waals surface area contributed by atoms with Crippen LogP contribution < -0.4 is 5.32 Å². The van der Waals surface area contributed by atoms with Crippen molar-refractivity contribution in [3.05, 3.63) is 77.1 Å². The van der Waals surface area contributed by atoms with Gasteiger partial charge in [-0.05, 0) is 30.2 Å². The molecule has 0 saturated carbocycles. The first-order valence-electron chi connectivity index (χ1n) is 9.82. The van der Waals surface area contributed by atoms with E-state index < -0.39 is 0 Å². The molecule has 158 valence electrons. The van der Waals surface area contributed by atoms with Gasteiger partial charge in [0.1, 0.15) is 0 Å². The fraction of sp³-hybridized carbons (Fsp3) is 0.261. The standard InChI is InChI=1S/C23H23N5O2S/c1-15(2)20(25-22(30)18-7-5-4-6-8-18)21-26-27-23(28(21)3)31-14-19(29)17-11-9-16(13-24)10-12-17/h4-12,15,20H,14H2,1-3H3,(H,25,30)/t20-/m1/s1. The maximum absolute atomic E-state index is 12.6. The molecule has 0 aliphatic rings. The van der Waals surface area contributed by atoms with Crippen molar-refractivity contribution in [3.8, 4) is 6.07 Å². The maximum Gasteiger partial charge on any atom is 0.251 e. The molecule has 7 nitrogen and oxygen atoms in total. The van der Waals surface area contributed by atoms with Crippen molar-refractivity contribution in [2.75, 3.05) is 5.75 Å². The number of ketones is 1. The summed E-state index contributed by atoms with van der Waals surface area (Å²) in [6.45, 7) is 4.01. The van der Waals surface area contributed by atoms with E-state index in [0.29, 0.717) is 27.7 Å². The lowest BCUT2D eigenvalue weighted by Gasteiger charge is -2.21. The zero-order valence-corrected chi connectivity index (χ0v) is 18.4. The average Bonchev–Trinajstić information content (AvgIpc) is 3.15. The van der Waals surface area contributed by atoms with Gasteiger partial charge in [0.2, 0.25) is 0 Å². The molecule has 0 spiro atoms. The molecule has 3 rings (SSSR count). The molecule has 31 heavy (non-hydrogen) atoms. The van der Waals surface area contributed by atoms with E-state index in [1.807, 2.05) is 49.7 Å². The number of carbonyl (C=O) groups excluding carboxylic acids is 2. The molecule has 8 heteroatoms. The van der Waals surface area contributed by atoms with Crippen LogP contribution in [0.5, 0.6) is 0 Å². The summed E-state index contributed by atoms with van der Waals surface area (Å²) in [6, 6.07) is 17.3. The second-order valence-corrected chi connectivity index (χ2v) is 8.30. The van der Waals surface area contributed by atoms with E-state index in [-0.39, 0.29) is 29.4 Å². The van der Waals surface area contributed by atoms with Gasteiger partial charge in [-0.25, -0.2) is 0 Å². The van der Waals surface area contributed by atoms with Gasteiger partial charge in [-0.15, -0.1) is 10.2 Å². The average molecular weight is 434 g/mol. The molecule has 0 fully saturated rings. The van der Waals surface area contributed by atoms with Gasteiger partial charge in [0.15, 0.2) is 16.8 Å². The topological polar surface area (TPSA) is 101 Å². The molecule has 1 atom stereocenters. The molecule has 3 aromatic rings. The van der Waals surface area contributed by atoms with Crippen LogP contribution in [0.1, 0.15) is 52.0 Å². The van der Waals surface area contributed by atoms with Crippen LogP contribution in [0.2, 0.25) is 0 Å². The predicted octanol–water partition coefficient (Wildman–Crippen LogP) is 3.79. The fourth-order valence-electron chi connectivity index (χ4n) is 3.01. The molecule has 0 unspecified atom stereocenters. The highest BCUT2D eigenvalue weighted by molar-refractivity contribution is 7.99. The van der Waals surface area contributed by atoms with E-state index >= 15 is 0 Å². The Hall–Kier alpha value is -3.44. The highest BCUT2D eigenvalue weighted by Gasteiger charge is 2.25. The van der Waals surface area contributed by atoms with Gasteiger partial charge in [-0.1, -0.05) is 55.9 Å². The van der Waals surface area contributed by atoms with Gasteiger partial charge in [0.25, 0.3) is 5.91 Å². The van der Waals surface area contributed by atoms with Crippen molar-refractivity contribution in [1.29, 1.82) is 5.26 Å². The predicted molar refractivity (Wildman–Crippen MR) is 119 cm³/mol. The van der Waals surface area contributed by atoms with Crippen molar-refractivity contribution in [1.82, 2.24) is 20.1 Å². The van der Waals surface area contributed by atoms with E-state index in [0.717, 1.165) is 0 Å².